The molecule has 2 aromatic heterocycles. The van der Waals surface area contributed by atoms with Gasteiger partial charge in [0.1, 0.15) is 0 Å². The predicted molar refractivity (Wildman–Crippen MR) is 74.7 cm³/mol. The van der Waals surface area contributed by atoms with Crippen LogP contribution in [0.5, 0.6) is 5.95 Å². The summed E-state index contributed by atoms with van der Waals surface area (Å²) in [6.07, 6.45) is 2.79. The molecule has 0 fully saturated rings. The van der Waals surface area contributed by atoms with Gasteiger partial charge in [0.2, 0.25) is 0 Å². The molecule has 2 rings (SSSR count). The molecule has 5 nitrogen and oxygen atoms in total. The Morgan fingerprint density at radius 2 is 2.15 bits per heavy atom. The molecule has 0 radical (unpaired) electrons. The molecule has 0 N–H and O–H groups in total. The van der Waals surface area contributed by atoms with Crippen molar-refractivity contribution >= 4 is 5.91 Å². The van der Waals surface area contributed by atoms with Crippen LogP contribution < -0.4 is 4.74 Å². The zero-order valence-electron chi connectivity index (χ0n) is 11.9. The van der Waals surface area contributed by atoms with Gasteiger partial charge in [0.15, 0.2) is 5.76 Å². The standard InChI is InChI=1S/C15H18N2O3/c1-4-11-5-6-12(16-9-11)10-17(2)15(18)13-7-8-14(19-3)20-13/h5-9H,4,10H2,1-3H3. The number of nitrogens with zero attached hydrogens (tertiary/aromatic N) is 2. The first-order valence-corrected chi connectivity index (χ1v) is 6.47. The molecule has 2 heterocycles. The largest absolute Gasteiger partial charge is 0.468 e. The highest BCUT2D eigenvalue weighted by atomic mass is 16.6. The van der Waals surface area contributed by atoms with E-state index in [9.17, 15) is 4.79 Å². The Kier molecular flexibility index (Phi) is 4.40. The number of ether oxygens (including phenoxy) is 1. The predicted octanol–water partition coefficient (Wildman–Crippen LogP) is 2.52. The van der Waals surface area contributed by atoms with Crippen molar-refractivity contribution in [2.24, 2.45) is 0 Å². The first-order chi connectivity index (χ1) is 9.63. The third-order valence-corrected chi connectivity index (χ3v) is 3.03. The van der Waals surface area contributed by atoms with E-state index in [1.807, 2.05) is 18.3 Å². The third kappa shape index (κ3) is 3.17. The zero-order valence-corrected chi connectivity index (χ0v) is 11.9. The maximum atomic E-state index is 12.2. The van der Waals surface area contributed by atoms with Crippen LogP contribution in [0.25, 0.3) is 0 Å². The van der Waals surface area contributed by atoms with Crippen LogP contribution in [0.15, 0.2) is 34.9 Å². The monoisotopic (exact) mass is 274 g/mol. The number of rotatable bonds is 5. The SMILES string of the molecule is CCc1ccc(CN(C)C(=O)c2ccc(OC)o2)nc1. The van der Waals surface area contributed by atoms with Crippen molar-refractivity contribution in [2.75, 3.05) is 14.2 Å². The van der Waals surface area contributed by atoms with Gasteiger partial charge in [0, 0.05) is 19.3 Å². The van der Waals surface area contributed by atoms with E-state index in [0.29, 0.717) is 12.5 Å². The van der Waals surface area contributed by atoms with Gasteiger partial charge in [0.25, 0.3) is 11.9 Å². The van der Waals surface area contributed by atoms with Gasteiger partial charge in [-0.05, 0) is 24.1 Å². The summed E-state index contributed by atoms with van der Waals surface area (Å²) in [5.41, 5.74) is 2.02. The fourth-order valence-corrected chi connectivity index (χ4v) is 1.81. The molecule has 0 spiro atoms. The van der Waals surface area contributed by atoms with Gasteiger partial charge in [-0.15, -0.1) is 0 Å². The fraction of sp³-hybridized carbons (Fsp3) is 0.333. The van der Waals surface area contributed by atoms with Crippen LogP contribution in [0.3, 0.4) is 0 Å². The molecule has 2 aromatic rings. The second-order valence-corrected chi connectivity index (χ2v) is 4.50. The van der Waals surface area contributed by atoms with E-state index in [1.165, 1.54) is 12.7 Å². The van der Waals surface area contributed by atoms with Gasteiger partial charge in [-0.25, -0.2) is 0 Å². The van der Waals surface area contributed by atoms with E-state index in [2.05, 4.69) is 11.9 Å². The minimum atomic E-state index is -0.199. The number of methoxy groups -OCH3 is 1. The summed E-state index contributed by atoms with van der Waals surface area (Å²) < 4.78 is 10.2. The molecule has 20 heavy (non-hydrogen) atoms. The molecule has 5 heteroatoms. The van der Waals surface area contributed by atoms with Gasteiger partial charge >= 0.3 is 0 Å². The van der Waals surface area contributed by atoms with E-state index in [0.717, 1.165) is 12.1 Å². The molecule has 0 unspecified atom stereocenters. The number of aromatic nitrogens is 1. The lowest BCUT2D eigenvalue weighted by molar-refractivity contribution is 0.0745. The van der Waals surface area contributed by atoms with Gasteiger partial charge in [-0.2, -0.15) is 0 Å². The highest BCUT2D eigenvalue weighted by molar-refractivity contribution is 5.91. The average molecular weight is 274 g/mol. The lowest BCUT2D eigenvalue weighted by atomic mass is 10.2. The lowest BCUT2D eigenvalue weighted by Crippen LogP contribution is -2.26. The van der Waals surface area contributed by atoms with Crippen molar-refractivity contribution in [2.45, 2.75) is 19.9 Å². The van der Waals surface area contributed by atoms with Crippen LogP contribution in [0.2, 0.25) is 0 Å². The Bertz CT molecular complexity index is 575. The summed E-state index contributed by atoms with van der Waals surface area (Å²) in [6, 6.07) is 7.18. The third-order valence-electron chi connectivity index (χ3n) is 3.03. The van der Waals surface area contributed by atoms with Crippen molar-refractivity contribution in [1.29, 1.82) is 0 Å². The number of carbonyl (C=O) groups is 1. The Balaban J connectivity index is 2.02. The topological polar surface area (TPSA) is 55.6 Å². The molecule has 0 aliphatic carbocycles. The number of amides is 1. The molecule has 1 amide bonds. The smallest absolute Gasteiger partial charge is 0.289 e. The molecule has 0 aliphatic rings. The van der Waals surface area contributed by atoms with Gasteiger partial charge in [-0.1, -0.05) is 13.0 Å². The maximum absolute atomic E-state index is 12.2. The number of hydrogen-bond acceptors (Lipinski definition) is 4. The summed E-state index contributed by atoms with van der Waals surface area (Å²) in [5.74, 6) is 0.386. The number of carbonyl (C=O) groups excluding carboxylic acids is 1. The van der Waals surface area contributed by atoms with Crippen LogP contribution in [0, 0.1) is 0 Å². The van der Waals surface area contributed by atoms with Crippen LogP contribution in [-0.4, -0.2) is 29.9 Å². The van der Waals surface area contributed by atoms with E-state index in [1.54, 1.807) is 24.1 Å². The van der Waals surface area contributed by atoms with Crippen LogP contribution in [0.1, 0.15) is 28.7 Å². The molecule has 0 aliphatic heterocycles. The van der Waals surface area contributed by atoms with Crippen LogP contribution in [-0.2, 0) is 13.0 Å². The highest BCUT2D eigenvalue weighted by Gasteiger charge is 2.16. The first kappa shape index (κ1) is 14.1. The second-order valence-electron chi connectivity index (χ2n) is 4.50. The van der Waals surface area contributed by atoms with Crippen molar-refractivity contribution < 1.29 is 13.9 Å². The average Bonchev–Trinajstić information content (AvgIpc) is 2.96. The van der Waals surface area contributed by atoms with Gasteiger partial charge in [-0.3, -0.25) is 9.78 Å². The van der Waals surface area contributed by atoms with Crippen molar-refractivity contribution in [3.8, 4) is 5.95 Å². The molecule has 106 valence electrons. The molecule has 0 saturated heterocycles. The summed E-state index contributed by atoms with van der Waals surface area (Å²) in [5, 5.41) is 0. The molecule has 0 aromatic carbocycles. The maximum Gasteiger partial charge on any atom is 0.289 e. The van der Waals surface area contributed by atoms with Crippen molar-refractivity contribution in [1.82, 2.24) is 9.88 Å². The lowest BCUT2D eigenvalue weighted by Gasteiger charge is -2.15. The number of aryl methyl sites for hydroxylation is 1. The quantitative estimate of drug-likeness (QED) is 0.840. The molecule has 0 atom stereocenters. The van der Waals surface area contributed by atoms with Crippen molar-refractivity contribution in [3.63, 3.8) is 0 Å². The minimum Gasteiger partial charge on any atom is -0.468 e. The van der Waals surface area contributed by atoms with Gasteiger partial charge < -0.3 is 14.1 Å². The Labute approximate surface area is 118 Å². The summed E-state index contributed by atoms with van der Waals surface area (Å²) in [6.45, 7) is 2.52. The second kappa shape index (κ2) is 6.23. The molecule has 0 saturated carbocycles. The van der Waals surface area contributed by atoms with E-state index < -0.39 is 0 Å². The van der Waals surface area contributed by atoms with Crippen LogP contribution in [0.4, 0.5) is 0 Å². The fourth-order valence-electron chi connectivity index (χ4n) is 1.81. The normalized spacial score (nSPS) is 10.3. The molecular formula is C15H18N2O3. The van der Waals surface area contributed by atoms with Crippen LogP contribution >= 0.6 is 0 Å². The number of pyridine rings is 1. The van der Waals surface area contributed by atoms with E-state index >= 15 is 0 Å². The Morgan fingerprint density at radius 1 is 1.35 bits per heavy atom. The Hall–Kier alpha value is -2.30. The number of furan rings is 1. The first-order valence-electron chi connectivity index (χ1n) is 6.47. The minimum absolute atomic E-state index is 0.199. The summed E-state index contributed by atoms with van der Waals surface area (Å²) >= 11 is 0. The molecular weight excluding hydrogens is 256 g/mol. The van der Waals surface area contributed by atoms with Crippen molar-refractivity contribution in [3.05, 3.63) is 47.5 Å². The highest BCUT2D eigenvalue weighted by Crippen LogP contribution is 2.17. The Morgan fingerprint density at radius 3 is 2.70 bits per heavy atom. The molecule has 0 bridgehead atoms. The summed E-state index contributed by atoms with van der Waals surface area (Å²) in [4.78, 5) is 18.0. The zero-order chi connectivity index (χ0) is 14.5. The number of hydrogen-bond donors (Lipinski definition) is 0. The van der Waals surface area contributed by atoms with E-state index in [4.69, 9.17) is 9.15 Å². The van der Waals surface area contributed by atoms with E-state index in [-0.39, 0.29) is 11.7 Å². The van der Waals surface area contributed by atoms with Gasteiger partial charge in [0.05, 0.1) is 19.3 Å². The summed E-state index contributed by atoms with van der Waals surface area (Å²) in [7, 11) is 3.21.